The smallest absolute Gasteiger partial charge is 0.177 e. The summed E-state index contributed by atoms with van der Waals surface area (Å²) in [5.41, 5.74) is 3.95. The number of aromatic nitrogens is 5. The van der Waals surface area contributed by atoms with Crippen molar-refractivity contribution in [3.05, 3.63) is 64.2 Å². The highest BCUT2D eigenvalue weighted by atomic mass is 32.1. The van der Waals surface area contributed by atoms with Crippen molar-refractivity contribution in [2.75, 3.05) is 0 Å². The normalized spacial score (nSPS) is 11.6. The van der Waals surface area contributed by atoms with E-state index in [1.807, 2.05) is 29.6 Å². The molecule has 5 rings (SSSR count). The van der Waals surface area contributed by atoms with Crippen LogP contribution in [-0.4, -0.2) is 24.8 Å². The lowest BCUT2D eigenvalue weighted by atomic mass is 10.1. The van der Waals surface area contributed by atoms with Gasteiger partial charge in [0.1, 0.15) is 5.69 Å². The van der Waals surface area contributed by atoms with Crippen LogP contribution in [0.15, 0.2) is 47.8 Å². The van der Waals surface area contributed by atoms with Crippen molar-refractivity contribution < 1.29 is 0 Å². The minimum atomic E-state index is 0.689. The largest absolute Gasteiger partial charge is 0.242 e. The van der Waals surface area contributed by atoms with E-state index in [0.29, 0.717) is 6.42 Å². The Morgan fingerprint density at radius 2 is 2.04 bits per heavy atom. The van der Waals surface area contributed by atoms with E-state index in [2.05, 4.69) is 44.8 Å². The van der Waals surface area contributed by atoms with E-state index in [9.17, 15) is 0 Å². The third-order valence-corrected chi connectivity index (χ3v) is 5.85. The van der Waals surface area contributed by atoms with Crippen LogP contribution in [0.2, 0.25) is 0 Å². The van der Waals surface area contributed by atoms with Gasteiger partial charge in [-0.25, -0.2) is 4.98 Å². The van der Waals surface area contributed by atoms with Gasteiger partial charge in [-0.05, 0) is 48.2 Å². The summed E-state index contributed by atoms with van der Waals surface area (Å²) < 4.78 is 3.05. The Balaban J connectivity index is 1.56. The van der Waals surface area contributed by atoms with Gasteiger partial charge in [-0.1, -0.05) is 12.1 Å². The van der Waals surface area contributed by atoms with Crippen molar-refractivity contribution >= 4 is 38.5 Å². The van der Waals surface area contributed by atoms with Gasteiger partial charge in [0, 0.05) is 6.42 Å². The van der Waals surface area contributed by atoms with Gasteiger partial charge in [0.2, 0.25) is 0 Å². The third-order valence-electron chi connectivity index (χ3n) is 4.02. The topological polar surface area (TPSA) is 56.0 Å². The van der Waals surface area contributed by atoms with Crippen LogP contribution in [-0.2, 0) is 6.42 Å². The number of aryl methyl sites for hydroxylation is 1. The molecule has 5 nitrogen and oxygen atoms in total. The molecule has 4 aromatic heterocycles. The highest BCUT2D eigenvalue weighted by Crippen LogP contribution is 2.25. The van der Waals surface area contributed by atoms with Crippen LogP contribution >= 0.6 is 22.7 Å². The Labute approximate surface area is 151 Å². The van der Waals surface area contributed by atoms with E-state index in [-0.39, 0.29) is 0 Å². The maximum Gasteiger partial charge on any atom is 0.177 e. The number of hydrogen-bond donors (Lipinski definition) is 0. The lowest BCUT2D eigenvalue weighted by molar-refractivity contribution is 0.843. The number of nitrogens with zero attached hydrogens (tertiary/aromatic N) is 5. The Hall–Kier alpha value is -2.64. The molecular weight excluding hydrogens is 350 g/mol. The molecule has 1 aromatic carbocycles. The molecule has 0 aliphatic rings. The van der Waals surface area contributed by atoms with Crippen molar-refractivity contribution in [1.29, 1.82) is 0 Å². The molecule has 0 amide bonds. The lowest BCUT2D eigenvalue weighted by Gasteiger charge is -2.02. The number of benzene rings is 1. The minimum Gasteiger partial charge on any atom is -0.242 e. The van der Waals surface area contributed by atoms with E-state index >= 15 is 0 Å². The molecule has 0 fully saturated rings. The van der Waals surface area contributed by atoms with E-state index < -0.39 is 0 Å². The summed E-state index contributed by atoms with van der Waals surface area (Å²) in [7, 11) is 0. The first-order valence-corrected chi connectivity index (χ1v) is 9.57. The van der Waals surface area contributed by atoms with Gasteiger partial charge in [-0.3, -0.25) is 0 Å². The molecular formula is C18H13N5S2. The third kappa shape index (κ3) is 2.61. The van der Waals surface area contributed by atoms with Crippen molar-refractivity contribution in [2.24, 2.45) is 0 Å². The molecule has 0 aliphatic carbocycles. The summed E-state index contributed by atoms with van der Waals surface area (Å²) in [6, 6.07) is 14.4. The van der Waals surface area contributed by atoms with Crippen LogP contribution in [0.25, 0.3) is 26.4 Å². The second kappa shape index (κ2) is 5.72. The molecule has 0 spiro atoms. The van der Waals surface area contributed by atoms with Gasteiger partial charge in [0.05, 0.1) is 20.1 Å². The summed E-state index contributed by atoms with van der Waals surface area (Å²) in [4.78, 5) is 5.66. The first-order valence-electron chi connectivity index (χ1n) is 7.87. The van der Waals surface area contributed by atoms with Gasteiger partial charge in [0.25, 0.3) is 0 Å². The summed E-state index contributed by atoms with van der Waals surface area (Å²) in [6.45, 7) is 2.03. The fourth-order valence-corrected chi connectivity index (χ4v) is 4.46. The minimum absolute atomic E-state index is 0.689. The molecule has 7 heteroatoms. The standard InChI is InChI=1S/C18H13N5S2/c1-11-19-13-5-4-12(9-16(13)25-11)10-18-21-20-17-7-6-14(22-23(17)18)15-3-2-8-24-15/h2-9H,10H2,1H3. The van der Waals surface area contributed by atoms with Crippen LogP contribution in [0.5, 0.6) is 0 Å². The molecule has 0 atom stereocenters. The number of thiophene rings is 1. The van der Waals surface area contributed by atoms with E-state index in [4.69, 9.17) is 5.10 Å². The van der Waals surface area contributed by atoms with Crippen LogP contribution in [0, 0.1) is 6.92 Å². The average Bonchev–Trinajstić information content (AvgIpc) is 3.33. The van der Waals surface area contributed by atoms with Gasteiger partial charge < -0.3 is 0 Å². The first kappa shape index (κ1) is 14.7. The summed E-state index contributed by atoms with van der Waals surface area (Å²) >= 11 is 3.39. The zero-order valence-corrected chi connectivity index (χ0v) is 15.0. The van der Waals surface area contributed by atoms with E-state index in [1.54, 1.807) is 22.7 Å². The first-order chi connectivity index (χ1) is 12.3. The maximum absolute atomic E-state index is 4.73. The molecule has 0 N–H and O–H groups in total. The summed E-state index contributed by atoms with van der Waals surface area (Å²) in [5, 5.41) is 16.5. The van der Waals surface area contributed by atoms with Crippen molar-refractivity contribution in [2.45, 2.75) is 13.3 Å². The average molecular weight is 363 g/mol. The Kier molecular flexibility index (Phi) is 3.36. The Bertz CT molecular complexity index is 1190. The highest BCUT2D eigenvalue weighted by molar-refractivity contribution is 7.18. The molecule has 0 aliphatic heterocycles. The Morgan fingerprint density at radius 3 is 2.92 bits per heavy atom. The van der Waals surface area contributed by atoms with Crippen molar-refractivity contribution in [3.63, 3.8) is 0 Å². The predicted molar refractivity (Wildman–Crippen MR) is 101 cm³/mol. The highest BCUT2D eigenvalue weighted by Gasteiger charge is 2.11. The summed E-state index contributed by atoms with van der Waals surface area (Å²) in [6.07, 6.45) is 0.689. The van der Waals surface area contributed by atoms with Crippen LogP contribution in [0.3, 0.4) is 0 Å². The molecule has 0 radical (unpaired) electrons. The quantitative estimate of drug-likeness (QED) is 0.478. The maximum atomic E-state index is 4.73. The van der Waals surface area contributed by atoms with Gasteiger partial charge in [-0.15, -0.1) is 32.9 Å². The molecule has 25 heavy (non-hydrogen) atoms. The second-order valence-corrected chi connectivity index (χ2v) is 7.98. The van der Waals surface area contributed by atoms with Gasteiger partial charge >= 0.3 is 0 Å². The zero-order chi connectivity index (χ0) is 16.8. The van der Waals surface area contributed by atoms with Crippen molar-refractivity contribution in [1.82, 2.24) is 24.8 Å². The fourth-order valence-electron chi connectivity index (χ4n) is 2.88. The fraction of sp³-hybridized carbons (Fsp3) is 0.111. The number of thiazole rings is 1. The SMILES string of the molecule is Cc1nc2ccc(Cc3nnc4ccc(-c5cccs5)nn34)cc2s1. The number of fused-ring (bicyclic) bond motifs is 2. The molecule has 4 heterocycles. The van der Waals surface area contributed by atoms with Gasteiger partial charge in [0.15, 0.2) is 11.5 Å². The van der Waals surface area contributed by atoms with Gasteiger partial charge in [-0.2, -0.15) is 9.61 Å². The Morgan fingerprint density at radius 1 is 1.08 bits per heavy atom. The van der Waals surface area contributed by atoms with Crippen LogP contribution < -0.4 is 0 Å². The van der Waals surface area contributed by atoms with Crippen LogP contribution in [0.1, 0.15) is 16.4 Å². The molecule has 5 aromatic rings. The summed E-state index contributed by atoms with van der Waals surface area (Å²) in [5.74, 6) is 0.842. The van der Waals surface area contributed by atoms with E-state index in [0.717, 1.165) is 32.6 Å². The van der Waals surface area contributed by atoms with Crippen molar-refractivity contribution in [3.8, 4) is 10.6 Å². The zero-order valence-electron chi connectivity index (χ0n) is 13.4. The molecule has 0 bridgehead atoms. The number of rotatable bonds is 3. The molecule has 0 saturated heterocycles. The van der Waals surface area contributed by atoms with E-state index in [1.165, 1.54) is 10.3 Å². The second-order valence-electron chi connectivity index (χ2n) is 5.79. The molecule has 122 valence electrons. The monoisotopic (exact) mass is 363 g/mol. The number of hydrogen-bond acceptors (Lipinski definition) is 6. The lowest BCUT2D eigenvalue weighted by Crippen LogP contribution is -2.01. The van der Waals surface area contributed by atoms with Crippen LogP contribution in [0.4, 0.5) is 0 Å². The predicted octanol–water partition coefficient (Wildman–Crippen LogP) is 4.36. The molecule has 0 saturated carbocycles. The molecule has 0 unspecified atom stereocenters.